The number of likely N-dealkylation sites (tertiary alicyclic amines) is 1. The fourth-order valence-corrected chi connectivity index (χ4v) is 3.56. The van der Waals surface area contributed by atoms with E-state index in [2.05, 4.69) is 16.0 Å². The van der Waals surface area contributed by atoms with Crippen LogP contribution in [0.1, 0.15) is 31.2 Å². The predicted octanol–water partition coefficient (Wildman–Crippen LogP) is 3.63. The lowest BCUT2D eigenvalue weighted by Crippen LogP contribution is -2.39. The van der Waals surface area contributed by atoms with Gasteiger partial charge in [0.1, 0.15) is 0 Å². The maximum Gasteiger partial charge on any atom is 0.0747 e. The second-order valence-corrected chi connectivity index (χ2v) is 6.21. The quantitative estimate of drug-likeness (QED) is 0.937. The summed E-state index contributed by atoms with van der Waals surface area (Å²) in [4.78, 5) is 7.00. The van der Waals surface area contributed by atoms with E-state index in [9.17, 15) is 5.11 Å². The fraction of sp³-hybridized carbons (Fsp3) is 0.471. The molecule has 1 atom stereocenters. The number of aliphatic hydroxyl groups is 1. The molecule has 1 aromatic heterocycles. The van der Waals surface area contributed by atoms with Gasteiger partial charge in [0, 0.05) is 35.8 Å². The van der Waals surface area contributed by atoms with Gasteiger partial charge < -0.3 is 5.11 Å². The lowest BCUT2D eigenvalue weighted by molar-refractivity contribution is 0.113. The first-order valence-corrected chi connectivity index (χ1v) is 8.04. The summed E-state index contributed by atoms with van der Waals surface area (Å²) in [5, 5.41) is 11.1. The van der Waals surface area contributed by atoms with Crippen molar-refractivity contribution in [3.8, 4) is 0 Å². The summed E-state index contributed by atoms with van der Waals surface area (Å²) in [6.07, 6.45) is 6.35. The van der Waals surface area contributed by atoms with Crippen molar-refractivity contribution < 1.29 is 5.11 Å². The normalized spacial score (nSPS) is 20.0. The van der Waals surface area contributed by atoms with E-state index in [-0.39, 0.29) is 6.61 Å². The van der Waals surface area contributed by atoms with Crippen molar-refractivity contribution in [1.29, 1.82) is 0 Å². The van der Waals surface area contributed by atoms with E-state index in [0.717, 1.165) is 35.4 Å². The minimum absolute atomic E-state index is 0.260. The smallest absolute Gasteiger partial charge is 0.0747 e. The van der Waals surface area contributed by atoms with Gasteiger partial charge >= 0.3 is 0 Å². The van der Waals surface area contributed by atoms with Gasteiger partial charge in [-0.1, -0.05) is 24.1 Å². The standard InChI is InChI=1S/C17H21ClN2O/c18-15-10-13-4-3-7-19-17(13)14(11-15)12-20-8-2-1-5-16(20)6-9-21/h3-4,7,10-11,16,21H,1-2,5-6,8-9,12H2. The van der Waals surface area contributed by atoms with Gasteiger partial charge in [0.25, 0.3) is 0 Å². The van der Waals surface area contributed by atoms with Crippen LogP contribution >= 0.6 is 11.6 Å². The van der Waals surface area contributed by atoms with Crippen molar-refractivity contribution >= 4 is 22.5 Å². The Morgan fingerprint density at radius 3 is 3.10 bits per heavy atom. The Balaban J connectivity index is 1.89. The highest BCUT2D eigenvalue weighted by Gasteiger charge is 2.22. The summed E-state index contributed by atoms with van der Waals surface area (Å²) in [7, 11) is 0. The molecular weight excluding hydrogens is 284 g/mol. The van der Waals surface area contributed by atoms with E-state index in [1.165, 1.54) is 24.8 Å². The number of benzene rings is 1. The molecule has 2 heterocycles. The summed E-state index contributed by atoms with van der Waals surface area (Å²) in [6.45, 7) is 2.21. The van der Waals surface area contributed by atoms with Crippen LogP contribution in [0.15, 0.2) is 30.5 Å². The third-order valence-corrected chi connectivity index (χ3v) is 4.55. The lowest BCUT2D eigenvalue weighted by Gasteiger charge is -2.35. The maximum atomic E-state index is 9.26. The maximum absolute atomic E-state index is 9.26. The zero-order valence-corrected chi connectivity index (χ0v) is 12.9. The van der Waals surface area contributed by atoms with Crippen LogP contribution in [0.3, 0.4) is 0 Å². The van der Waals surface area contributed by atoms with Crippen molar-refractivity contribution in [3.63, 3.8) is 0 Å². The number of halogens is 1. The number of rotatable bonds is 4. The molecule has 1 saturated heterocycles. The van der Waals surface area contributed by atoms with Gasteiger partial charge in [0.2, 0.25) is 0 Å². The molecule has 3 nitrogen and oxygen atoms in total. The molecule has 4 heteroatoms. The third kappa shape index (κ3) is 3.37. The topological polar surface area (TPSA) is 36.4 Å². The predicted molar refractivity (Wildman–Crippen MR) is 86.5 cm³/mol. The molecule has 0 saturated carbocycles. The van der Waals surface area contributed by atoms with Crippen molar-refractivity contribution in [2.24, 2.45) is 0 Å². The number of hydrogen-bond acceptors (Lipinski definition) is 3. The summed E-state index contributed by atoms with van der Waals surface area (Å²) in [5.74, 6) is 0. The van der Waals surface area contributed by atoms with E-state index in [4.69, 9.17) is 11.6 Å². The summed E-state index contributed by atoms with van der Waals surface area (Å²) < 4.78 is 0. The van der Waals surface area contributed by atoms with Crippen molar-refractivity contribution in [3.05, 3.63) is 41.0 Å². The summed E-state index contributed by atoms with van der Waals surface area (Å²) in [6, 6.07) is 8.47. The van der Waals surface area contributed by atoms with E-state index in [1.54, 1.807) is 0 Å². The van der Waals surface area contributed by atoms with E-state index in [0.29, 0.717) is 6.04 Å². The van der Waals surface area contributed by atoms with Crippen molar-refractivity contribution in [1.82, 2.24) is 9.88 Å². The highest BCUT2D eigenvalue weighted by molar-refractivity contribution is 6.31. The molecule has 0 radical (unpaired) electrons. The van der Waals surface area contributed by atoms with Crippen LogP contribution in [0.5, 0.6) is 0 Å². The Morgan fingerprint density at radius 1 is 1.33 bits per heavy atom. The monoisotopic (exact) mass is 304 g/mol. The van der Waals surface area contributed by atoms with Crippen molar-refractivity contribution in [2.75, 3.05) is 13.2 Å². The second-order valence-electron chi connectivity index (χ2n) is 5.77. The number of nitrogens with zero attached hydrogens (tertiary/aromatic N) is 2. The van der Waals surface area contributed by atoms with Gasteiger partial charge in [-0.25, -0.2) is 0 Å². The first kappa shape index (κ1) is 14.8. The Bertz CT molecular complexity index is 615. The Hall–Kier alpha value is -1.16. The van der Waals surface area contributed by atoms with Gasteiger partial charge in [0.05, 0.1) is 5.52 Å². The molecule has 1 aliphatic heterocycles. The molecule has 1 aromatic carbocycles. The average Bonchev–Trinajstić information content (AvgIpc) is 2.49. The fourth-order valence-electron chi connectivity index (χ4n) is 3.31. The molecule has 0 bridgehead atoms. The van der Waals surface area contributed by atoms with Crippen LogP contribution in [0.2, 0.25) is 5.02 Å². The SMILES string of the molecule is OCCC1CCCCN1Cc1cc(Cl)cc2cccnc12. The molecule has 0 amide bonds. The lowest BCUT2D eigenvalue weighted by atomic mass is 9.98. The van der Waals surface area contributed by atoms with Crippen LogP contribution in [-0.2, 0) is 6.54 Å². The zero-order valence-electron chi connectivity index (χ0n) is 12.1. The molecular formula is C17H21ClN2O. The number of fused-ring (bicyclic) bond motifs is 1. The Labute approximate surface area is 130 Å². The number of piperidine rings is 1. The second kappa shape index (κ2) is 6.73. The van der Waals surface area contributed by atoms with Crippen LogP contribution in [0, 0.1) is 0 Å². The average molecular weight is 305 g/mol. The van der Waals surface area contributed by atoms with Gasteiger partial charge in [0.15, 0.2) is 0 Å². The van der Waals surface area contributed by atoms with Crippen LogP contribution < -0.4 is 0 Å². The van der Waals surface area contributed by atoms with Crippen LogP contribution in [0.25, 0.3) is 10.9 Å². The van der Waals surface area contributed by atoms with Crippen LogP contribution in [0.4, 0.5) is 0 Å². The van der Waals surface area contributed by atoms with Crippen LogP contribution in [-0.4, -0.2) is 34.2 Å². The number of aliphatic hydroxyl groups excluding tert-OH is 1. The van der Waals surface area contributed by atoms with Gasteiger partial charge in [-0.2, -0.15) is 0 Å². The number of pyridine rings is 1. The molecule has 3 rings (SSSR count). The molecule has 1 unspecified atom stereocenters. The molecule has 0 aliphatic carbocycles. The minimum Gasteiger partial charge on any atom is -0.396 e. The van der Waals surface area contributed by atoms with E-state index < -0.39 is 0 Å². The molecule has 0 spiro atoms. The summed E-state index contributed by atoms with van der Waals surface area (Å²) in [5.41, 5.74) is 2.22. The van der Waals surface area contributed by atoms with Gasteiger partial charge in [-0.3, -0.25) is 9.88 Å². The first-order chi connectivity index (χ1) is 10.3. The molecule has 2 aromatic rings. The zero-order chi connectivity index (χ0) is 14.7. The molecule has 1 aliphatic rings. The first-order valence-electron chi connectivity index (χ1n) is 7.66. The Morgan fingerprint density at radius 2 is 2.24 bits per heavy atom. The van der Waals surface area contributed by atoms with Gasteiger partial charge in [-0.15, -0.1) is 0 Å². The summed E-state index contributed by atoms with van der Waals surface area (Å²) >= 11 is 6.25. The third-order valence-electron chi connectivity index (χ3n) is 4.33. The highest BCUT2D eigenvalue weighted by Crippen LogP contribution is 2.27. The van der Waals surface area contributed by atoms with E-state index in [1.807, 2.05) is 24.4 Å². The van der Waals surface area contributed by atoms with E-state index >= 15 is 0 Å². The Kier molecular flexibility index (Phi) is 4.73. The van der Waals surface area contributed by atoms with Gasteiger partial charge in [-0.05, 0) is 49.6 Å². The van der Waals surface area contributed by atoms with Crippen molar-refractivity contribution in [2.45, 2.75) is 38.3 Å². The highest BCUT2D eigenvalue weighted by atomic mass is 35.5. The largest absolute Gasteiger partial charge is 0.396 e. The minimum atomic E-state index is 0.260. The molecule has 21 heavy (non-hydrogen) atoms. The number of aromatic nitrogens is 1. The molecule has 1 N–H and O–H groups in total. The molecule has 112 valence electrons. The molecule has 1 fully saturated rings. The number of hydrogen-bond donors (Lipinski definition) is 1.